The minimum atomic E-state index is -0.296. The van der Waals surface area contributed by atoms with Crippen molar-refractivity contribution in [3.8, 4) is 0 Å². The highest BCUT2D eigenvalue weighted by Crippen LogP contribution is 2.17. The Kier molecular flexibility index (Phi) is 1.86. The quantitative estimate of drug-likeness (QED) is 0.725. The molecule has 2 heterocycles. The second-order valence-electron chi connectivity index (χ2n) is 2.78. The molecule has 2 aromatic heterocycles. The molecule has 13 heavy (non-hydrogen) atoms. The van der Waals surface area contributed by atoms with Gasteiger partial charge in [-0.05, 0) is 12.1 Å². The van der Waals surface area contributed by atoms with Gasteiger partial charge in [0.2, 0.25) is 0 Å². The van der Waals surface area contributed by atoms with Gasteiger partial charge in [-0.25, -0.2) is 0 Å². The highest BCUT2D eigenvalue weighted by atomic mass is 16.3. The normalized spacial score (nSPS) is 13.1. The fourth-order valence-electron chi connectivity index (χ4n) is 1.19. The highest BCUT2D eigenvalue weighted by Gasteiger charge is 2.15. The molecule has 0 saturated heterocycles. The van der Waals surface area contributed by atoms with Gasteiger partial charge in [-0.2, -0.15) is 0 Å². The van der Waals surface area contributed by atoms with Gasteiger partial charge in [-0.3, -0.25) is 4.68 Å². The van der Waals surface area contributed by atoms with Crippen LogP contribution in [-0.4, -0.2) is 15.0 Å². The smallest absolute Gasteiger partial charge is 0.126 e. The SMILES string of the molecule is Cn1nncc1C(N)c1ccco1. The lowest BCUT2D eigenvalue weighted by Gasteiger charge is -2.06. The summed E-state index contributed by atoms with van der Waals surface area (Å²) in [5.74, 6) is 0.713. The molecule has 0 bridgehead atoms. The number of nitrogens with zero attached hydrogens (tertiary/aromatic N) is 3. The van der Waals surface area contributed by atoms with E-state index in [4.69, 9.17) is 10.2 Å². The van der Waals surface area contributed by atoms with Crippen LogP contribution in [0.4, 0.5) is 0 Å². The lowest BCUT2D eigenvalue weighted by molar-refractivity contribution is 0.478. The van der Waals surface area contributed by atoms with Crippen molar-refractivity contribution in [2.45, 2.75) is 6.04 Å². The summed E-state index contributed by atoms with van der Waals surface area (Å²) in [6, 6.07) is 3.34. The fraction of sp³-hybridized carbons (Fsp3) is 0.250. The van der Waals surface area contributed by atoms with Gasteiger partial charge < -0.3 is 10.2 Å². The maximum atomic E-state index is 5.91. The first-order valence-corrected chi connectivity index (χ1v) is 3.92. The van der Waals surface area contributed by atoms with E-state index in [-0.39, 0.29) is 6.04 Å². The monoisotopic (exact) mass is 178 g/mol. The molecular weight excluding hydrogens is 168 g/mol. The van der Waals surface area contributed by atoms with Crippen LogP contribution in [0.3, 0.4) is 0 Å². The average molecular weight is 178 g/mol. The van der Waals surface area contributed by atoms with Crippen LogP contribution in [0.15, 0.2) is 29.0 Å². The summed E-state index contributed by atoms with van der Waals surface area (Å²) in [5.41, 5.74) is 6.74. The van der Waals surface area contributed by atoms with Crippen molar-refractivity contribution in [1.29, 1.82) is 0 Å². The molecule has 1 atom stereocenters. The topological polar surface area (TPSA) is 69.9 Å². The number of rotatable bonds is 2. The van der Waals surface area contributed by atoms with Crippen LogP contribution in [0.25, 0.3) is 0 Å². The largest absolute Gasteiger partial charge is 0.467 e. The third-order valence-corrected chi connectivity index (χ3v) is 1.92. The number of furan rings is 1. The Morgan fingerprint density at radius 2 is 2.46 bits per heavy atom. The third kappa shape index (κ3) is 1.33. The van der Waals surface area contributed by atoms with Crippen molar-refractivity contribution in [3.05, 3.63) is 36.0 Å². The molecule has 0 aromatic carbocycles. The van der Waals surface area contributed by atoms with Crippen LogP contribution >= 0.6 is 0 Å². The second-order valence-corrected chi connectivity index (χ2v) is 2.78. The first-order chi connectivity index (χ1) is 6.29. The molecule has 0 fully saturated rings. The van der Waals surface area contributed by atoms with E-state index in [1.165, 1.54) is 0 Å². The molecule has 0 aliphatic rings. The Morgan fingerprint density at radius 1 is 1.62 bits per heavy atom. The van der Waals surface area contributed by atoms with E-state index in [1.54, 1.807) is 30.3 Å². The van der Waals surface area contributed by atoms with Crippen molar-refractivity contribution < 1.29 is 4.42 Å². The minimum Gasteiger partial charge on any atom is -0.467 e. The molecule has 2 aromatic rings. The van der Waals surface area contributed by atoms with E-state index >= 15 is 0 Å². The van der Waals surface area contributed by atoms with Crippen LogP contribution in [-0.2, 0) is 7.05 Å². The van der Waals surface area contributed by atoms with Crippen molar-refractivity contribution in [3.63, 3.8) is 0 Å². The van der Waals surface area contributed by atoms with E-state index in [1.807, 2.05) is 6.07 Å². The van der Waals surface area contributed by atoms with Crippen LogP contribution in [0.5, 0.6) is 0 Å². The predicted octanol–water partition coefficient (Wildman–Crippen LogP) is 0.456. The summed E-state index contributed by atoms with van der Waals surface area (Å²) in [4.78, 5) is 0. The maximum absolute atomic E-state index is 5.91. The summed E-state index contributed by atoms with van der Waals surface area (Å²) in [7, 11) is 1.80. The molecule has 68 valence electrons. The molecule has 0 aliphatic heterocycles. The molecule has 5 nitrogen and oxygen atoms in total. The number of aryl methyl sites for hydroxylation is 1. The van der Waals surface area contributed by atoms with Gasteiger partial charge in [0.05, 0.1) is 18.2 Å². The highest BCUT2D eigenvalue weighted by molar-refractivity contribution is 5.16. The van der Waals surface area contributed by atoms with Crippen LogP contribution in [0.1, 0.15) is 17.5 Å². The van der Waals surface area contributed by atoms with Crippen LogP contribution < -0.4 is 5.73 Å². The average Bonchev–Trinajstić information content (AvgIpc) is 2.72. The molecule has 5 heteroatoms. The minimum absolute atomic E-state index is 0.296. The van der Waals surface area contributed by atoms with E-state index in [2.05, 4.69) is 10.3 Å². The second kappa shape index (κ2) is 3.02. The summed E-state index contributed by atoms with van der Waals surface area (Å²) in [6.07, 6.45) is 3.23. The first-order valence-electron chi connectivity index (χ1n) is 3.92. The van der Waals surface area contributed by atoms with Gasteiger partial charge in [0.25, 0.3) is 0 Å². The Hall–Kier alpha value is -1.62. The van der Waals surface area contributed by atoms with Crippen molar-refractivity contribution in [1.82, 2.24) is 15.0 Å². The molecule has 2 rings (SSSR count). The predicted molar refractivity (Wildman–Crippen MR) is 45.7 cm³/mol. The summed E-state index contributed by atoms with van der Waals surface area (Å²) in [5, 5.41) is 7.54. The Balaban J connectivity index is 2.33. The van der Waals surface area contributed by atoms with Crippen LogP contribution in [0, 0.1) is 0 Å². The molecule has 2 N–H and O–H groups in total. The van der Waals surface area contributed by atoms with Crippen molar-refractivity contribution >= 4 is 0 Å². The summed E-state index contributed by atoms with van der Waals surface area (Å²) < 4.78 is 6.81. The van der Waals surface area contributed by atoms with Crippen molar-refractivity contribution in [2.24, 2.45) is 12.8 Å². The number of nitrogens with two attached hydrogens (primary N) is 1. The summed E-state index contributed by atoms with van der Waals surface area (Å²) in [6.45, 7) is 0. The zero-order chi connectivity index (χ0) is 9.26. The zero-order valence-corrected chi connectivity index (χ0v) is 7.21. The fourth-order valence-corrected chi connectivity index (χ4v) is 1.19. The van der Waals surface area contributed by atoms with Crippen molar-refractivity contribution in [2.75, 3.05) is 0 Å². The molecule has 0 amide bonds. The van der Waals surface area contributed by atoms with Gasteiger partial charge in [-0.15, -0.1) is 5.10 Å². The molecular formula is C8H10N4O. The first kappa shape index (κ1) is 8.00. The molecule has 0 aliphatic carbocycles. The lowest BCUT2D eigenvalue weighted by atomic mass is 10.2. The van der Waals surface area contributed by atoms with E-state index in [9.17, 15) is 0 Å². The Morgan fingerprint density at radius 3 is 3.00 bits per heavy atom. The molecule has 0 spiro atoms. The Labute approximate surface area is 75.1 Å². The van der Waals surface area contributed by atoms with E-state index < -0.39 is 0 Å². The van der Waals surface area contributed by atoms with Gasteiger partial charge in [0.15, 0.2) is 0 Å². The molecule has 0 saturated carbocycles. The Bertz CT molecular complexity index is 379. The van der Waals surface area contributed by atoms with Gasteiger partial charge in [-0.1, -0.05) is 5.21 Å². The van der Waals surface area contributed by atoms with Gasteiger partial charge in [0, 0.05) is 7.05 Å². The lowest BCUT2D eigenvalue weighted by Crippen LogP contribution is -2.15. The summed E-state index contributed by atoms with van der Waals surface area (Å²) >= 11 is 0. The molecule has 1 unspecified atom stereocenters. The van der Waals surface area contributed by atoms with Gasteiger partial charge >= 0.3 is 0 Å². The number of aromatic nitrogens is 3. The van der Waals surface area contributed by atoms with Crippen LogP contribution in [0.2, 0.25) is 0 Å². The maximum Gasteiger partial charge on any atom is 0.126 e. The van der Waals surface area contributed by atoms with Gasteiger partial charge in [0.1, 0.15) is 11.8 Å². The standard InChI is InChI=1S/C8H10N4O/c1-12-6(5-10-11-12)8(9)7-3-2-4-13-7/h2-5,8H,9H2,1H3. The van der Waals surface area contributed by atoms with E-state index in [0.29, 0.717) is 5.76 Å². The number of hydrogen-bond donors (Lipinski definition) is 1. The van der Waals surface area contributed by atoms with E-state index in [0.717, 1.165) is 5.69 Å². The third-order valence-electron chi connectivity index (χ3n) is 1.92. The molecule has 0 radical (unpaired) electrons. The number of hydrogen-bond acceptors (Lipinski definition) is 4. The zero-order valence-electron chi connectivity index (χ0n) is 7.21.